The average molecular weight is 235 g/mol. The Hall–Kier alpha value is -2.13. The summed E-state index contributed by atoms with van der Waals surface area (Å²) in [6.45, 7) is 1.79. The first-order valence-electron chi connectivity index (χ1n) is 5.03. The molecule has 0 bridgehead atoms. The summed E-state index contributed by atoms with van der Waals surface area (Å²) < 4.78 is 5.35. The number of nitrogens with zero attached hydrogens (tertiary/aromatic N) is 2. The summed E-state index contributed by atoms with van der Waals surface area (Å²) in [6, 6.07) is 6.19. The molecule has 6 nitrogen and oxygen atoms in total. The van der Waals surface area contributed by atoms with Crippen molar-refractivity contribution in [2.75, 3.05) is 13.7 Å². The van der Waals surface area contributed by atoms with Crippen LogP contribution in [0.15, 0.2) is 18.2 Å². The Bertz CT molecular complexity index is 454. The molecule has 0 heterocycles. The van der Waals surface area contributed by atoms with E-state index >= 15 is 0 Å². The molecule has 0 amide bonds. The summed E-state index contributed by atoms with van der Waals surface area (Å²) in [7, 11) is 1.63. The standard InChI is InChI=1S/C11H13N3O3/c1-8-4-3-5-10(14(15)16)11(8)17-7-9(6-12)13-2/h3-5,9,13H,7H2,1-2H3. The van der Waals surface area contributed by atoms with Gasteiger partial charge in [-0.15, -0.1) is 0 Å². The fourth-order valence-electron chi connectivity index (χ4n) is 1.32. The number of para-hydroxylation sites is 1. The first kappa shape index (κ1) is 12.9. The van der Waals surface area contributed by atoms with Crippen molar-refractivity contribution in [2.45, 2.75) is 13.0 Å². The SMILES string of the molecule is CNC(C#N)COc1c(C)cccc1[N+](=O)[O-]. The Morgan fingerprint density at radius 1 is 1.65 bits per heavy atom. The lowest BCUT2D eigenvalue weighted by atomic mass is 10.2. The Balaban J connectivity index is 2.90. The van der Waals surface area contributed by atoms with E-state index in [4.69, 9.17) is 10.00 Å². The van der Waals surface area contributed by atoms with Crippen molar-refractivity contribution in [2.24, 2.45) is 0 Å². The number of aryl methyl sites for hydroxylation is 1. The lowest BCUT2D eigenvalue weighted by Crippen LogP contribution is -2.30. The van der Waals surface area contributed by atoms with Crippen molar-refractivity contribution in [3.05, 3.63) is 33.9 Å². The molecule has 17 heavy (non-hydrogen) atoms. The van der Waals surface area contributed by atoms with Crippen molar-refractivity contribution < 1.29 is 9.66 Å². The predicted octanol–water partition coefficient (Wildman–Crippen LogP) is 1.39. The molecule has 0 radical (unpaired) electrons. The van der Waals surface area contributed by atoms with Crippen LogP contribution in [-0.2, 0) is 0 Å². The summed E-state index contributed by atoms with van der Waals surface area (Å²) in [5, 5.41) is 22.3. The van der Waals surface area contributed by atoms with Gasteiger partial charge < -0.3 is 10.1 Å². The van der Waals surface area contributed by atoms with Gasteiger partial charge in [-0.3, -0.25) is 10.1 Å². The second-order valence-corrected chi connectivity index (χ2v) is 3.46. The van der Waals surface area contributed by atoms with E-state index < -0.39 is 11.0 Å². The Kier molecular flexibility index (Phi) is 4.43. The molecule has 90 valence electrons. The van der Waals surface area contributed by atoms with Crippen molar-refractivity contribution in [1.82, 2.24) is 5.32 Å². The summed E-state index contributed by atoms with van der Waals surface area (Å²) >= 11 is 0. The van der Waals surface area contributed by atoms with Gasteiger partial charge in [-0.25, -0.2) is 0 Å². The molecule has 0 fully saturated rings. The number of nitrogens with one attached hydrogen (secondary N) is 1. The molecule has 1 aromatic rings. The smallest absolute Gasteiger partial charge is 0.311 e. The molecule has 0 aromatic heterocycles. The first-order chi connectivity index (χ1) is 8.10. The fourth-order valence-corrected chi connectivity index (χ4v) is 1.32. The monoisotopic (exact) mass is 235 g/mol. The zero-order valence-corrected chi connectivity index (χ0v) is 9.64. The highest BCUT2D eigenvalue weighted by Gasteiger charge is 2.18. The summed E-state index contributed by atoms with van der Waals surface area (Å²) in [5.41, 5.74) is 0.588. The third kappa shape index (κ3) is 3.16. The zero-order chi connectivity index (χ0) is 12.8. The number of rotatable bonds is 5. The van der Waals surface area contributed by atoms with E-state index in [2.05, 4.69) is 5.32 Å². The molecule has 1 unspecified atom stereocenters. The van der Waals surface area contributed by atoms with Crippen molar-refractivity contribution in [3.8, 4) is 11.8 Å². The second kappa shape index (κ2) is 5.82. The maximum absolute atomic E-state index is 10.8. The number of nitro groups is 1. The van der Waals surface area contributed by atoms with Crippen LogP contribution in [0.4, 0.5) is 5.69 Å². The van der Waals surface area contributed by atoms with Crippen LogP contribution in [0.5, 0.6) is 5.75 Å². The number of hydrogen-bond donors (Lipinski definition) is 1. The van der Waals surface area contributed by atoms with Gasteiger partial charge in [0, 0.05) is 6.07 Å². The number of likely N-dealkylation sites (N-methyl/N-ethyl adjacent to an activating group) is 1. The van der Waals surface area contributed by atoms with E-state index in [0.29, 0.717) is 5.56 Å². The van der Waals surface area contributed by atoms with Crippen LogP contribution in [-0.4, -0.2) is 24.6 Å². The molecule has 1 N–H and O–H groups in total. The average Bonchev–Trinajstić information content (AvgIpc) is 2.31. The highest BCUT2D eigenvalue weighted by Crippen LogP contribution is 2.30. The molecule has 1 rings (SSSR count). The van der Waals surface area contributed by atoms with Gasteiger partial charge in [0.25, 0.3) is 0 Å². The van der Waals surface area contributed by atoms with E-state index in [9.17, 15) is 10.1 Å². The number of ether oxygens (including phenoxy) is 1. The molecule has 6 heteroatoms. The molecule has 1 aromatic carbocycles. The third-order valence-corrected chi connectivity index (χ3v) is 2.29. The molecule has 0 aliphatic carbocycles. The predicted molar refractivity (Wildman–Crippen MR) is 61.8 cm³/mol. The molecular weight excluding hydrogens is 222 g/mol. The van der Waals surface area contributed by atoms with Crippen LogP contribution in [0.2, 0.25) is 0 Å². The van der Waals surface area contributed by atoms with Crippen molar-refractivity contribution in [3.63, 3.8) is 0 Å². The lowest BCUT2D eigenvalue weighted by Gasteiger charge is -2.12. The number of benzene rings is 1. The van der Waals surface area contributed by atoms with Gasteiger partial charge >= 0.3 is 5.69 Å². The quantitative estimate of drug-likeness (QED) is 0.615. The van der Waals surface area contributed by atoms with Gasteiger partial charge in [0.15, 0.2) is 5.75 Å². The minimum Gasteiger partial charge on any atom is -0.484 e. The highest BCUT2D eigenvalue weighted by atomic mass is 16.6. The van der Waals surface area contributed by atoms with E-state index in [0.717, 1.165) is 0 Å². The van der Waals surface area contributed by atoms with Crippen molar-refractivity contribution in [1.29, 1.82) is 5.26 Å². The van der Waals surface area contributed by atoms with Crippen LogP contribution in [0.3, 0.4) is 0 Å². The molecule has 0 spiro atoms. The highest BCUT2D eigenvalue weighted by molar-refractivity contribution is 5.51. The second-order valence-electron chi connectivity index (χ2n) is 3.46. The van der Waals surface area contributed by atoms with E-state index in [1.807, 2.05) is 6.07 Å². The molecule has 0 saturated heterocycles. The van der Waals surface area contributed by atoms with Crippen LogP contribution in [0, 0.1) is 28.4 Å². The van der Waals surface area contributed by atoms with E-state index in [1.165, 1.54) is 6.07 Å². The zero-order valence-electron chi connectivity index (χ0n) is 9.64. The molecule has 1 atom stereocenters. The fraction of sp³-hybridized carbons (Fsp3) is 0.364. The lowest BCUT2D eigenvalue weighted by molar-refractivity contribution is -0.385. The van der Waals surface area contributed by atoms with Crippen LogP contribution in [0.1, 0.15) is 5.56 Å². The summed E-state index contributed by atoms with van der Waals surface area (Å²) in [4.78, 5) is 10.3. The van der Waals surface area contributed by atoms with Crippen LogP contribution in [0.25, 0.3) is 0 Å². The van der Waals surface area contributed by atoms with E-state index in [1.54, 1.807) is 26.1 Å². The van der Waals surface area contributed by atoms with Gasteiger partial charge in [-0.1, -0.05) is 12.1 Å². The van der Waals surface area contributed by atoms with Crippen LogP contribution >= 0.6 is 0 Å². The first-order valence-corrected chi connectivity index (χ1v) is 5.03. The number of hydrogen-bond acceptors (Lipinski definition) is 5. The molecule has 0 saturated carbocycles. The van der Waals surface area contributed by atoms with Crippen LogP contribution < -0.4 is 10.1 Å². The van der Waals surface area contributed by atoms with Crippen molar-refractivity contribution >= 4 is 5.69 Å². The number of nitriles is 1. The largest absolute Gasteiger partial charge is 0.484 e. The Morgan fingerprint density at radius 3 is 2.88 bits per heavy atom. The Labute approximate surface area is 99.0 Å². The Morgan fingerprint density at radius 2 is 2.35 bits per heavy atom. The number of nitro benzene ring substituents is 1. The third-order valence-electron chi connectivity index (χ3n) is 2.29. The van der Waals surface area contributed by atoms with E-state index in [-0.39, 0.29) is 18.0 Å². The van der Waals surface area contributed by atoms with Gasteiger partial charge in [0.2, 0.25) is 0 Å². The maximum Gasteiger partial charge on any atom is 0.311 e. The minimum absolute atomic E-state index is 0.0681. The molecular formula is C11H13N3O3. The van der Waals surface area contributed by atoms with Gasteiger partial charge in [0.05, 0.1) is 11.0 Å². The molecule has 0 aliphatic heterocycles. The normalized spacial score (nSPS) is 11.6. The van der Waals surface area contributed by atoms with Gasteiger partial charge in [-0.2, -0.15) is 5.26 Å². The topological polar surface area (TPSA) is 88.2 Å². The maximum atomic E-state index is 10.8. The summed E-state index contributed by atoms with van der Waals surface area (Å²) in [6.07, 6.45) is 0. The summed E-state index contributed by atoms with van der Waals surface area (Å²) in [5.74, 6) is 0.216. The van der Waals surface area contributed by atoms with Gasteiger partial charge in [0.1, 0.15) is 12.6 Å². The van der Waals surface area contributed by atoms with Gasteiger partial charge in [-0.05, 0) is 19.5 Å². The molecule has 0 aliphatic rings. The minimum atomic E-state index is -0.497.